The number of ether oxygens (including phenoxy) is 1. The van der Waals surface area contributed by atoms with Crippen LogP contribution in [0.2, 0.25) is 0 Å². The predicted molar refractivity (Wildman–Crippen MR) is 74.4 cm³/mol. The van der Waals surface area contributed by atoms with E-state index in [-0.39, 0.29) is 18.1 Å². The monoisotopic (exact) mass is 279 g/mol. The van der Waals surface area contributed by atoms with E-state index in [1.165, 1.54) is 0 Å². The number of hydrogen-bond donors (Lipinski definition) is 0. The number of benzene rings is 1. The Morgan fingerprint density at radius 2 is 2.32 bits per heavy atom. The number of amides is 1. The number of fused-ring (bicyclic) bond motifs is 1. The summed E-state index contributed by atoms with van der Waals surface area (Å²) in [7, 11) is 0. The molecule has 0 spiro atoms. The van der Waals surface area contributed by atoms with Crippen molar-refractivity contribution in [1.29, 1.82) is 0 Å². The maximum absolute atomic E-state index is 12.6. The van der Waals surface area contributed by atoms with Crippen molar-refractivity contribution in [3.05, 3.63) is 35.4 Å². The van der Waals surface area contributed by atoms with Gasteiger partial charge in [0.25, 0.3) is 5.91 Å². The van der Waals surface area contributed by atoms with E-state index < -0.39 is 0 Å². The fraction of sp³-hybridized carbons (Fsp3) is 0.533. The summed E-state index contributed by atoms with van der Waals surface area (Å²) < 4.78 is 5.75. The molecule has 1 aromatic rings. The molecule has 4 heteroatoms. The van der Waals surface area contributed by atoms with Gasteiger partial charge < -0.3 is 9.64 Å². The number of morpholine rings is 1. The Morgan fingerprint density at radius 1 is 1.42 bits per heavy atom. The van der Waals surface area contributed by atoms with Gasteiger partial charge in [0.1, 0.15) is 0 Å². The highest BCUT2D eigenvalue weighted by atomic mass is 35.5. The van der Waals surface area contributed by atoms with Crippen molar-refractivity contribution in [3.63, 3.8) is 0 Å². The summed E-state index contributed by atoms with van der Waals surface area (Å²) in [5.74, 6) is 0.559. The molecule has 2 atom stereocenters. The van der Waals surface area contributed by atoms with E-state index in [1.807, 2.05) is 29.2 Å². The van der Waals surface area contributed by atoms with E-state index in [9.17, 15) is 4.79 Å². The Bertz CT molecular complexity index is 477. The highest BCUT2D eigenvalue weighted by Crippen LogP contribution is 2.30. The lowest BCUT2D eigenvalue weighted by molar-refractivity contribution is -0.0445. The number of nitrogens with zero attached hydrogens (tertiary/aromatic N) is 1. The second-order valence-corrected chi connectivity index (χ2v) is 5.51. The molecule has 1 aromatic carbocycles. The standard InChI is InChI=1S/C15H18ClNO2/c16-10-11-3-1-4-12(9-11)15(18)17-7-8-19-14-6-2-5-13(14)17/h1,3-4,9,13-14H,2,5-8,10H2. The van der Waals surface area contributed by atoms with Gasteiger partial charge in [-0.25, -0.2) is 0 Å². The fourth-order valence-electron chi connectivity index (χ4n) is 3.13. The molecule has 2 fully saturated rings. The second kappa shape index (κ2) is 5.51. The van der Waals surface area contributed by atoms with Gasteiger partial charge >= 0.3 is 0 Å². The van der Waals surface area contributed by atoms with Crippen LogP contribution in [0, 0.1) is 0 Å². The van der Waals surface area contributed by atoms with Crippen LogP contribution in [0.15, 0.2) is 24.3 Å². The van der Waals surface area contributed by atoms with Crippen LogP contribution in [0.5, 0.6) is 0 Å². The van der Waals surface area contributed by atoms with E-state index in [0.29, 0.717) is 19.0 Å². The molecule has 19 heavy (non-hydrogen) atoms. The van der Waals surface area contributed by atoms with Crippen molar-refractivity contribution in [2.75, 3.05) is 13.2 Å². The number of halogens is 1. The Labute approximate surface area is 118 Å². The minimum Gasteiger partial charge on any atom is -0.374 e. The molecule has 1 aliphatic carbocycles. The lowest BCUT2D eigenvalue weighted by atomic mass is 10.1. The first-order valence-electron chi connectivity index (χ1n) is 6.87. The molecular weight excluding hydrogens is 262 g/mol. The third kappa shape index (κ3) is 2.49. The number of carbonyl (C=O) groups excluding carboxylic acids is 1. The largest absolute Gasteiger partial charge is 0.374 e. The molecule has 0 N–H and O–H groups in total. The van der Waals surface area contributed by atoms with Crippen LogP contribution in [-0.4, -0.2) is 36.1 Å². The SMILES string of the molecule is O=C(c1cccc(CCl)c1)N1CCOC2CCCC21. The van der Waals surface area contributed by atoms with Crippen LogP contribution in [0.1, 0.15) is 35.2 Å². The molecule has 0 radical (unpaired) electrons. The van der Waals surface area contributed by atoms with Crippen LogP contribution < -0.4 is 0 Å². The molecule has 0 aromatic heterocycles. The third-order valence-corrected chi connectivity index (χ3v) is 4.38. The van der Waals surface area contributed by atoms with Crippen molar-refractivity contribution in [1.82, 2.24) is 4.90 Å². The minimum absolute atomic E-state index is 0.118. The summed E-state index contributed by atoms with van der Waals surface area (Å²) >= 11 is 5.83. The zero-order valence-corrected chi connectivity index (χ0v) is 11.6. The molecule has 1 aliphatic heterocycles. The normalized spacial score (nSPS) is 26.3. The lowest BCUT2D eigenvalue weighted by Gasteiger charge is -2.37. The summed E-state index contributed by atoms with van der Waals surface area (Å²) in [6, 6.07) is 7.88. The van der Waals surface area contributed by atoms with Gasteiger partial charge in [-0.2, -0.15) is 0 Å². The number of alkyl halides is 1. The van der Waals surface area contributed by atoms with Gasteiger partial charge in [0.05, 0.1) is 18.8 Å². The van der Waals surface area contributed by atoms with Crippen LogP contribution in [0.25, 0.3) is 0 Å². The van der Waals surface area contributed by atoms with Gasteiger partial charge in [-0.05, 0) is 37.0 Å². The van der Waals surface area contributed by atoms with Crippen LogP contribution in [0.3, 0.4) is 0 Å². The van der Waals surface area contributed by atoms with Crippen LogP contribution in [-0.2, 0) is 10.6 Å². The summed E-state index contributed by atoms with van der Waals surface area (Å²) in [4.78, 5) is 14.6. The van der Waals surface area contributed by atoms with Crippen LogP contribution in [0.4, 0.5) is 0 Å². The molecule has 1 amide bonds. The van der Waals surface area contributed by atoms with E-state index >= 15 is 0 Å². The smallest absolute Gasteiger partial charge is 0.254 e. The Hall–Kier alpha value is -1.06. The molecule has 3 rings (SSSR count). The lowest BCUT2D eigenvalue weighted by Crippen LogP contribution is -2.51. The highest BCUT2D eigenvalue weighted by Gasteiger charge is 2.38. The average molecular weight is 280 g/mol. The van der Waals surface area contributed by atoms with Crippen molar-refractivity contribution in [2.45, 2.75) is 37.3 Å². The van der Waals surface area contributed by atoms with E-state index in [2.05, 4.69) is 0 Å². The molecular formula is C15H18ClNO2. The van der Waals surface area contributed by atoms with Gasteiger partial charge in [0.2, 0.25) is 0 Å². The van der Waals surface area contributed by atoms with Gasteiger partial charge in [0.15, 0.2) is 0 Å². The van der Waals surface area contributed by atoms with Crippen molar-refractivity contribution >= 4 is 17.5 Å². The Kier molecular flexibility index (Phi) is 3.76. The molecule has 0 bridgehead atoms. The summed E-state index contributed by atoms with van der Waals surface area (Å²) in [5.41, 5.74) is 1.73. The van der Waals surface area contributed by atoms with Crippen LogP contribution >= 0.6 is 11.6 Å². The second-order valence-electron chi connectivity index (χ2n) is 5.24. The van der Waals surface area contributed by atoms with Crippen molar-refractivity contribution < 1.29 is 9.53 Å². The summed E-state index contributed by atoms with van der Waals surface area (Å²) in [5, 5.41) is 0. The fourth-order valence-corrected chi connectivity index (χ4v) is 3.30. The first kappa shape index (κ1) is 12.9. The molecule has 2 unspecified atom stereocenters. The molecule has 3 nitrogen and oxygen atoms in total. The summed E-state index contributed by atoms with van der Waals surface area (Å²) in [6.07, 6.45) is 3.54. The van der Waals surface area contributed by atoms with Gasteiger partial charge in [-0.3, -0.25) is 4.79 Å². The maximum Gasteiger partial charge on any atom is 0.254 e. The zero-order chi connectivity index (χ0) is 13.2. The maximum atomic E-state index is 12.6. The first-order valence-corrected chi connectivity index (χ1v) is 7.40. The molecule has 1 heterocycles. The van der Waals surface area contributed by atoms with Gasteiger partial charge in [-0.15, -0.1) is 11.6 Å². The van der Waals surface area contributed by atoms with Crippen molar-refractivity contribution in [3.8, 4) is 0 Å². The molecule has 1 saturated carbocycles. The van der Waals surface area contributed by atoms with E-state index in [4.69, 9.17) is 16.3 Å². The Morgan fingerprint density at radius 3 is 3.16 bits per heavy atom. The average Bonchev–Trinajstić information content (AvgIpc) is 2.95. The quantitative estimate of drug-likeness (QED) is 0.779. The summed E-state index contributed by atoms with van der Waals surface area (Å²) in [6.45, 7) is 1.35. The first-order chi connectivity index (χ1) is 9.29. The number of carbonyl (C=O) groups is 1. The van der Waals surface area contributed by atoms with Gasteiger partial charge in [-0.1, -0.05) is 12.1 Å². The minimum atomic E-state index is 0.118. The molecule has 1 saturated heterocycles. The number of hydrogen-bond acceptors (Lipinski definition) is 2. The van der Waals surface area contributed by atoms with E-state index in [1.54, 1.807) is 0 Å². The highest BCUT2D eigenvalue weighted by molar-refractivity contribution is 6.17. The Balaban J connectivity index is 1.82. The third-order valence-electron chi connectivity index (χ3n) is 4.07. The topological polar surface area (TPSA) is 29.5 Å². The predicted octanol–water partition coefficient (Wildman–Crippen LogP) is 2.82. The number of rotatable bonds is 2. The van der Waals surface area contributed by atoms with Gasteiger partial charge in [0, 0.05) is 18.0 Å². The van der Waals surface area contributed by atoms with Crippen molar-refractivity contribution in [2.24, 2.45) is 0 Å². The molecule has 102 valence electrons. The van der Waals surface area contributed by atoms with E-state index in [0.717, 1.165) is 30.4 Å². The molecule has 2 aliphatic rings. The zero-order valence-electron chi connectivity index (χ0n) is 10.8.